The van der Waals surface area contributed by atoms with Crippen LogP contribution in [0.15, 0.2) is 128 Å². The predicted octanol–water partition coefficient (Wildman–Crippen LogP) is 14.4. The van der Waals surface area contributed by atoms with Crippen LogP contribution in [-0.4, -0.2) is 134 Å². The van der Waals surface area contributed by atoms with Crippen LogP contribution < -0.4 is 27.0 Å². The number of aromatic nitrogens is 4. The summed E-state index contributed by atoms with van der Waals surface area (Å²) in [5, 5.41) is 12.0. The van der Waals surface area contributed by atoms with Gasteiger partial charge < -0.3 is 58.7 Å². The topological polar surface area (TPSA) is 343 Å². The van der Waals surface area contributed by atoms with Crippen molar-refractivity contribution in [3.8, 4) is 0 Å². The number of benzene rings is 2. The molecule has 0 saturated carbocycles. The molecule has 2 aromatic carbocycles. The van der Waals surface area contributed by atoms with Crippen molar-refractivity contribution in [3.05, 3.63) is 165 Å². The molecule has 5 amide bonds. The molecule has 526 valence electrons. The number of ketones is 1. The van der Waals surface area contributed by atoms with Crippen LogP contribution >= 0.6 is 34.8 Å². The standard InChI is InChI=1S/C19H18ClN3O4.C13H15NO3.C11H13N3O2.C10H13ClN2O2.C10H18O5.C5H5ClN2/c20-15-7-6-14-16(21-15)22-17(24)27-19(14)8-10-23(11-9-19)18(25)26-12-13-4-2-1-3-5-13;15-12-6-8-14(9-7-12)13(16)17-10-11-4-2-1-3-5-11;15-10-14-9-8(2-1-5-13-9)11(16-10)3-6-12-7-4-11;1-10(2,3)15-9(14)13-8-6-4-5-7(11)12-8;1-9(2,3)14-7(11)13-8(12)15-10(4,5)6;6-4-2-1-3-5(7)8-4/h1-7H,8-12H2,(H,21,22,24);1-5H,6-10H2;1-2,5,12H,3-4,6-7H2,(H,13,14,15);4-6H,1-3H3,(H,12,13,14);1-6H3;1-3H,(H2,7,8). The number of nitrogen functional groups attached to an aromatic ring is 1. The lowest BCUT2D eigenvalue weighted by Crippen LogP contribution is -2.50. The van der Waals surface area contributed by atoms with Gasteiger partial charge in [0.15, 0.2) is 0 Å². The average Bonchev–Trinajstić information content (AvgIpc) is 0.760. The number of amides is 5. The molecule has 0 radical (unpaired) electrons. The van der Waals surface area contributed by atoms with Crippen LogP contribution in [0.25, 0.3) is 0 Å². The Kier molecular flexibility index (Phi) is 28.6. The highest BCUT2D eigenvalue weighted by Crippen LogP contribution is 2.44. The van der Waals surface area contributed by atoms with E-state index < -0.39 is 58.6 Å². The molecule has 6 aromatic rings. The maximum Gasteiger partial charge on any atom is 0.519 e. The largest absolute Gasteiger partial charge is 0.519 e. The highest BCUT2D eigenvalue weighted by atomic mass is 35.5. The number of pyridine rings is 4. The molecule has 11 rings (SSSR count). The van der Waals surface area contributed by atoms with E-state index in [2.05, 4.69) is 45.9 Å². The van der Waals surface area contributed by atoms with Crippen LogP contribution in [0.3, 0.4) is 0 Å². The summed E-state index contributed by atoms with van der Waals surface area (Å²) >= 11 is 17.0. The normalized spacial score (nSPS) is 15.4. The van der Waals surface area contributed by atoms with Crippen molar-refractivity contribution in [2.75, 3.05) is 61.0 Å². The van der Waals surface area contributed by atoms with Gasteiger partial charge >= 0.3 is 42.8 Å². The van der Waals surface area contributed by atoms with Gasteiger partial charge in [0.25, 0.3) is 0 Å². The molecule has 9 heterocycles. The van der Waals surface area contributed by atoms with Gasteiger partial charge in [0.1, 0.15) is 85.7 Å². The minimum absolute atomic E-state index is 0.220. The number of rotatable bonds is 5. The van der Waals surface area contributed by atoms with E-state index in [9.17, 15) is 38.4 Å². The Morgan fingerprint density at radius 3 is 1.50 bits per heavy atom. The van der Waals surface area contributed by atoms with Gasteiger partial charge in [-0.25, -0.2) is 53.5 Å². The van der Waals surface area contributed by atoms with Crippen molar-refractivity contribution in [3.63, 3.8) is 0 Å². The number of piperidine rings is 3. The van der Waals surface area contributed by atoms with Crippen LogP contribution in [0.4, 0.5) is 56.8 Å². The third kappa shape index (κ3) is 26.8. The smallest absolute Gasteiger partial charge is 0.445 e. The number of hydrogen-bond donors (Lipinski definition) is 5. The molecule has 3 fully saturated rings. The molecule has 4 aromatic heterocycles. The summed E-state index contributed by atoms with van der Waals surface area (Å²) in [4.78, 5) is 111. The SMILES string of the molecule is CC(C)(C)OC(=O)Nc1cccc(Cl)n1.CC(C)(C)OC(=O)OC(=O)OC(C)(C)C.Nc1cccc(Cl)n1.O=C1CCN(C(=O)OCc2ccccc2)CC1.O=C1Nc2nc(Cl)ccc2C2(CCN(C(=O)OCc3ccccc3)CC2)O1.O=C1Nc2ncccc2C2(CCNCC2)O1. The van der Waals surface area contributed by atoms with Crippen molar-refractivity contribution < 1.29 is 76.3 Å². The second-order valence-electron chi connectivity index (χ2n) is 25.2. The van der Waals surface area contributed by atoms with Crippen molar-refractivity contribution in [1.29, 1.82) is 0 Å². The quantitative estimate of drug-likeness (QED) is 0.0463. The fourth-order valence-electron chi connectivity index (χ4n) is 9.58. The van der Waals surface area contributed by atoms with Crippen molar-refractivity contribution in [2.45, 2.75) is 142 Å². The second kappa shape index (κ2) is 36.1. The maximum atomic E-state index is 12.4. The zero-order chi connectivity index (χ0) is 71.7. The van der Waals surface area contributed by atoms with Gasteiger partial charge in [-0.3, -0.25) is 20.7 Å². The number of Topliss-reactive ketones (excluding diaryl/α,β-unsaturated/α-hetero) is 1. The number of halogens is 3. The molecule has 0 unspecified atom stereocenters. The van der Waals surface area contributed by atoms with Gasteiger partial charge in [-0.2, -0.15) is 0 Å². The number of nitrogens with one attached hydrogen (secondary N) is 4. The summed E-state index contributed by atoms with van der Waals surface area (Å²) in [6, 6.07) is 36.5. The predicted molar refractivity (Wildman–Crippen MR) is 365 cm³/mol. The van der Waals surface area contributed by atoms with Gasteiger partial charge in [0.2, 0.25) is 0 Å². The molecular formula is C68H82Cl3N11O16. The van der Waals surface area contributed by atoms with Gasteiger partial charge in [0, 0.05) is 82.0 Å². The first-order valence-electron chi connectivity index (χ1n) is 31.2. The molecule has 3 saturated heterocycles. The number of carbonyl (C=O) groups is 8. The lowest BCUT2D eigenvalue weighted by Gasteiger charge is -2.43. The van der Waals surface area contributed by atoms with E-state index in [-0.39, 0.29) is 31.2 Å². The number of nitrogens with zero attached hydrogens (tertiary/aromatic N) is 6. The summed E-state index contributed by atoms with van der Waals surface area (Å²) in [5.74, 6) is 2.10. The van der Waals surface area contributed by atoms with E-state index in [0.29, 0.717) is 90.6 Å². The zero-order valence-corrected chi connectivity index (χ0v) is 58.2. The van der Waals surface area contributed by atoms with E-state index in [4.69, 9.17) is 73.7 Å². The maximum absolute atomic E-state index is 12.4. The summed E-state index contributed by atoms with van der Waals surface area (Å²) in [6.45, 7) is 19.4. The first-order chi connectivity index (χ1) is 46.3. The first kappa shape index (κ1) is 77.4. The molecule has 27 nitrogen and oxygen atoms in total. The van der Waals surface area contributed by atoms with Crippen LogP contribution in [0.5, 0.6) is 0 Å². The average molecular weight is 1420 g/mol. The van der Waals surface area contributed by atoms with E-state index in [1.54, 1.807) is 121 Å². The van der Waals surface area contributed by atoms with Crippen LogP contribution in [0, 0.1) is 0 Å². The Morgan fingerprint density at radius 1 is 0.541 bits per heavy atom. The summed E-state index contributed by atoms with van der Waals surface area (Å²) < 4.78 is 40.6. The molecule has 5 aliphatic heterocycles. The lowest BCUT2D eigenvalue weighted by molar-refractivity contribution is -0.121. The van der Waals surface area contributed by atoms with E-state index >= 15 is 0 Å². The molecule has 98 heavy (non-hydrogen) atoms. The molecule has 2 spiro atoms. The Hall–Kier alpha value is -9.57. The third-order valence-corrected chi connectivity index (χ3v) is 14.6. The molecular weight excluding hydrogens is 1330 g/mol. The van der Waals surface area contributed by atoms with Crippen LogP contribution in [-0.2, 0) is 67.1 Å². The van der Waals surface area contributed by atoms with Gasteiger partial charge in [-0.1, -0.05) is 108 Å². The highest BCUT2D eigenvalue weighted by molar-refractivity contribution is 6.30. The van der Waals surface area contributed by atoms with Crippen molar-refractivity contribution in [1.82, 2.24) is 35.1 Å². The first-order valence-corrected chi connectivity index (χ1v) is 32.3. The second-order valence-corrected chi connectivity index (χ2v) is 26.3. The number of carbonyl (C=O) groups excluding carboxylic acids is 8. The Morgan fingerprint density at radius 2 is 1.01 bits per heavy atom. The van der Waals surface area contributed by atoms with Crippen molar-refractivity contribution in [2.24, 2.45) is 0 Å². The molecule has 5 aliphatic rings. The van der Waals surface area contributed by atoms with Crippen LogP contribution in [0.1, 0.15) is 123 Å². The Labute approximate surface area is 583 Å². The fraction of sp³-hybridized carbons (Fsp3) is 0.412. The minimum atomic E-state index is -1.06. The van der Waals surface area contributed by atoms with E-state index in [0.717, 1.165) is 48.2 Å². The Balaban J connectivity index is 0.000000192. The van der Waals surface area contributed by atoms with Crippen molar-refractivity contribution >= 4 is 107 Å². The van der Waals surface area contributed by atoms with Gasteiger partial charge in [0.05, 0.1) is 0 Å². The molecule has 0 aliphatic carbocycles. The molecule has 6 N–H and O–H groups in total. The zero-order valence-electron chi connectivity index (χ0n) is 56.0. The molecule has 30 heteroatoms. The minimum Gasteiger partial charge on any atom is -0.445 e. The number of fused-ring (bicyclic) bond motifs is 4. The monoisotopic (exact) mass is 1410 g/mol. The summed E-state index contributed by atoms with van der Waals surface area (Å²) in [6.07, 6.45) is 0.799. The fourth-order valence-corrected chi connectivity index (χ4v) is 10.1. The third-order valence-electron chi connectivity index (χ3n) is 13.9. The number of ether oxygens (including phenoxy) is 8. The Bertz CT molecular complexity index is 3620. The number of likely N-dealkylation sites (tertiary alicyclic amines) is 2. The van der Waals surface area contributed by atoms with E-state index in [1.165, 1.54) is 0 Å². The van der Waals surface area contributed by atoms with E-state index in [1.807, 2.05) is 78.9 Å². The molecule has 0 atom stereocenters. The molecule has 0 bridgehead atoms. The number of hydrogen-bond acceptors (Lipinski definition) is 22. The highest BCUT2D eigenvalue weighted by Gasteiger charge is 2.47. The summed E-state index contributed by atoms with van der Waals surface area (Å²) in [7, 11) is 0. The summed E-state index contributed by atoms with van der Waals surface area (Å²) in [5.41, 5.74) is 5.75. The number of anilines is 4. The van der Waals surface area contributed by atoms with Crippen LogP contribution in [0.2, 0.25) is 15.5 Å². The lowest BCUT2D eigenvalue weighted by atomic mass is 9.83. The van der Waals surface area contributed by atoms with Gasteiger partial charge in [-0.15, -0.1) is 0 Å². The van der Waals surface area contributed by atoms with Gasteiger partial charge in [-0.05, 0) is 135 Å². The number of nitrogens with two attached hydrogens (primary N) is 1.